The number of likely N-dealkylation sites (N-methyl/N-ethyl adjacent to an activating group) is 1. The van der Waals surface area contributed by atoms with Crippen molar-refractivity contribution in [3.63, 3.8) is 0 Å². The molecule has 0 spiro atoms. The lowest BCUT2D eigenvalue weighted by Crippen LogP contribution is -2.51. The maximum atomic E-state index is 11.6. The lowest BCUT2D eigenvalue weighted by Gasteiger charge is -2.23. The summed E-state index contributed by atoms with van der Waals surface area (Å²) in [6, 6.07) is -0.509. The van der Waals surface area contributed by atoms with Gasteiger partial charge in [-0.15, -0.1) is 12.4 Å². The molecule has 1 unspecified atom stereocenters. The van der Waals surface area contributed by atoms with Crippen molar-refractivity contribution in [1.82, 2.24) is 16.0 Å². The van der Waals surface area contributed by atoms with Gasteiger partial charge in [0.1, 0.15) is 6.04 Å². The maximum absolute atomic E-state index is 11.6. The van der Waals surface area contributed by atoms with Gasteiger partial charge in [-0.2, -0.15) is 0 Å². The zero-order chi connectivity index (χ0) is 12.1. The van der Waals surface area contributed by atoms with E-state index in [1.807, 2.05) is 20.8 Å². The predicted molar refractivity (Wildman–Crippen MR) is 66.7 cm³/mol. The number of carbonyl (C=O) groups excluding carboxylic acids is 2. The second-order valence-corrected chi connectivity index (χ2v) is 4.56. The summed E-state index contributed by atoms with van der Waals surface area (Å²) in [5.41, 5.74) is -0.279. The van der Waals surface area contributed by atoms with Gasteiger partial charge in [-0.05, 0) is 34.7 Å². The monoisotopic (exact) mass is 251 g/mol. The summed E-state index contributed by atoms with van der Waals surface area (Å²) in [6.45, 7) is 7.56. The molecule has 0 rings (SSSR count). The van der Waals surface area contributed by atoms with Crippen LogP contribution in [0.3, 0.4) is 0 Å². The summed E-state index contributed by atoms with van der Waals surface area (Å²) >= 11 is 0. The second-order valence-electron chi connectivity index (χ2n) is 4.56. The molecule has 0 saturated carbocycles. The number of carbonyl (C=O) groups is 2. The van der Waals surface area contributed by atoms with Crippen LogP contribution < -0.4 is 16.0 Å². The molecule has 0 aromatic heterocycles. The van der Waals surface area contributed by atoms with Crippen molar-refractivity contribution in [2.75, 3.05) is 13.6 Å². The summed E-state index contributed by atoms with van der Waals surface area (Å²) in [5, 5.41) is 8.10. The number of amides is 2. The molecule has 5 nitrogen and oxygen atoms in total. The fraction of sp³-hybridized carbons (Fsp3) is 0.800. The third-order valence-electron chi connectivity index (χ3n) is 1.61. The van der Waals surface area contributed by atoms with Crippen LogP contribution in [0.15, 0.2) is 0 Å². The lowest BCUT2D eigenvalue weighted by molar-refractivity contribution is -0.129. The molecule has 0 aliphatic rings. The van der Waals surface area contributed by atoms with E-state index in [1.54, 1.807) is 14.0 Å². The molecule has 3 N–H and O–H groups in total. The number of nitrogens with one attached hydrogen (secondary N) is 3. The highest BCUT2D eigenvalue weighted by Gasteiger charge is 2.20. The van der Waals surface area contributed by atoms with E-state index < -0.39 is 6.04 Å². The Kier molecular flexibility index (Phi) is 8.20. The van der Waals surface area contributed by atoms with Gasteiger partial charge < -0.3 is 16.0 Å². The number of hydrogen-bond donors (Lipinski definition) is 3. The Bertz CT molecular complexity index is 239. The molecule has 1 atom stereocenters. The highest BCUT2D eigenvalue weighted by molar-refractivity contribution is 5.88. The van der Waals surface area contributed by atoms with E-state index in [9.17, 15) is 9.59 Å². The van der Waals surface area contributed by atoms with Crippen molar-refractivity contribution < 1.29 is 9.59 Å². The summed E-state index contributed by atoms with van der Waals surface area (Å²) in [5.74, 6) is -0.360. The van der Waals surface area contributed by atoms with Crippen LogP contribution in [-0.2, 0) is 9.59 Å². The van der Waals surface area contributed by atoms with Gasteiger partial charge in [-0.3, -0.25) is 9.59 Å². The molecule has 0 radical (unpaired) electrons. The van der Waals surface area contributed by atoms with Gasteiger partial charge in [0.25, 0.3) is 0 Å². The normalized spacial score (nSPS) is 12.3. The van der Waals surface area contributed by atoms with E-state index in [0.29, 0.717) is 0 Å². The largest absolute Gasteiger partial charge is 0.350 e. The molecule has 0 saturated heterocycles. The predicted octanol–water partition coefficient (Wildman–Crippen LogP) is 0.0470. The van der Waals surface area contributed by atoms with Crippen LogP contribution in [0.5, 0.6) is 0 Å². The molecule has 6 heteroatoms. The second kappa shape index (κ2) is 7.46. The fourth-order valence-electron chi connectivity index (χ4n) is 0.996. The van der Waals surface area contributed by atoms with E-state index >= 15 is 0 Å². The molecule has 96 valence electrons. The molecule has 2 amide bonds. The van der Waals surface area contributed by atoms with E-state index in [2.05, 4.69) is 16.0 Å². The highest BCUT2D eigenvalue weighted by atomic mass is 35.5. The van der Waals surface area contributed by atoms with Crippen LogP contribution in [0.1, 0.15) is 27.7 Å². The maximum Gasteiger partial charge on any atom is 0.242 e. The first-order valence-electron chi connectivity index (χ1n) is 5.02. The van der Waals surface area contributed by atoms with Gasteiger partial charge in [-0.25, -0.2) is 0 Å². The van der Waals surface area contributed by atoms with Gasteiger partial charge in [0.05, 0.1) is 6.54 Å². The number of rotatable bonds is 4. The van der Waals surface area contributed by atoms with Crippen LogP contribution in [0.4, 0.5) is 0 Å². The Morgan fingerprint density at radius 2 is 1.75 bits per heavy atom. The number of hydrogen-bond acceptors (Lipinski definition) is 3. The Labute approximate surface area is 103 Å². The average molecular weight is 252 g/mol. The average Bonchev–Trinajstić information content (AvgIpc) is 2.00. The zero-order valence-electron chi connectivity index (χ0n) is 10.5. The van der Waals surface area contributed by atoms with Crippen molar-refractivity contribution >= 4 is 24.2 Å². The molecule has 0 aromatic carbocycles. The van der Waals surface area contributed by atoms with Crippen LogP contribution >= 0.6 is 12.4 Å². The Hall–Kier alpha value is -0.810. The Morgan fingerprint density at radius 1 is 1.25 bits per heavy atom. The van der Waals surface area contributed by atoms with Gasteiger partial charge in [0, 0.05) is 5.54 Å². The van der Waals surface area contributed by atoms with Crippen LogP contribution in [0.2, 0.25) is 0 Å². The molecule has 16 heavy (non-hydrogen) atoms. The van der Waals surface area contributed by atoms with Crippen LogP contribution in [0, 0.1) is 0 Å². The minimum atomic E-state index is -0.509. The molecule has 0 heterocycles. The standard InChI is InChI=1S/C10H21N3O2.ClH/c1-7(12-8(14)6-11-5)9(15)13-10(2,3)4;/h7,11H,6H2,1-5H3,(H,12,14)(H,13,15);1H. The summed E-state index contributed by atoms with van der Waals surface area (Å²) < 4.78 is 0. The van der Waals surface area contributed by atoms with E-state index in [-0.39, 0.29) is 36.3 Å². The quantitative estimate of drug-likeness (QED) is 0.661. The molecule has 0 aliphatic heterocycles. The smallest absolute Gasteiger partial charge is 0.242 e. The van der Waals surface area contributed by atoms with Crippen LogP contribution in [0.25, 0.3) is 0 Å². The van der Waals surface area contributed by atoms with E-state index in [0.717, 1.165) is 0 Å². The first-order valence-corrected chi connectivity index (χ1v) is 5.02. The number of halogens is 1. The minimum absolute atomic E-state index is 0. The zero-order valence-corrected chi connectivity index (χ0v) is 11.3. The lowest BCUT2D eigenvalue weighted by atomic mass is 10.1. The molecular weight excluding hydrogens is 230 g/mol. The summed E-state index contributed by atoms with van der Waals surface area (Å²) in [4.78, 5) is 22.7. The SMILES string of the molecule is CNCC(=O)NC(C)C(=O)NC(C)(C)C.Cl. The van der Waals surface area contributed by atoms with Gasteiger partial charge in [0.2, 0.25) is 11.8 Å². The summed E-state index contributed by atoms with van der Waals surface area (Å²) in [7, 11) is 1.68. The fourth-order valence-corrected chi connectivity index (χ4v) is 0.996. The molecule has 0 aliphatic carbocycles. The van der Waals surface area contributed by atoms with Crippen molar-refractivity contribution in [1.29, 1.82) is 0 Å². The van der Waals surface area contributed by atoms with Crippen molar-refractivity contribution in [3.05, 3.63) is 0 Å². The van der Waals surface area contributed by atoms with E-state index in [1.165, 1.54) is 0 Å². The van der Waals surface area contributed by atoms with Gasteiger partial charge >= 0.3 is 0 Å². The molecule has 0 bridgehead atoms. The minimum Gasteiger partial charge on any atom is -0.350 e. The Balaban J connectivity index is 0. The third kappa shape index (κ3) is 8.49. The third-order valence-corrected chi connectivity index (χ3v) is 1.61. The molecular formula is C10H22ClN3O2. The topological polar surface area (TPSA) is 70.2 Å². The highest BCUT2D eigenvalue weighted by Crippen LogP contribution is 1.99. The Morgan fingerprint density at radius 3 is 2.12 bits per heavy atom. The van der Waals surface area contributed by atoms with Crippen LogP contribution in [-0.4, -0.2) is 37.0 Å². The summed E-state index contributed by atoms with van der Waals surface area (Å²) in [6.07, 6.45) is 0. The molecule has 0 aromatic rings. The van der Waals surface area contributed by atoms with Gasteiger partial charge in [-0.1, -0.05) is 0 Å². The first-order chi connectivity index (χ1) is 6.76. The van der Waals surface area contributed by atoms with Crippen molar-refractivity contribution in [3.8, 4) is 0 Å². The van der Waals surface area contributed by atoms with Crippen molar-refractivity contribution in [2.24, 2.45) is 0 Å². The molecule has 0 fully saturated rings. The first kappa shape index (κ1) is 17.6. The van der Waals surface area contributed by atoms with Gasteiger partial charge in [0.15, 0.2) is 0 Å². The van der Waals surface area contributed by atoms with E-state index in [4.69, 9.17) is 0 Å². The van der Waals surface area contributed by atoms with Crippen molar-refractivity contribution in [2.45, 2.75) is 39.3 Å².